The number of carbonyl (C=O) groups is 1. The van der Waals surface area contributed by atoms with Crippen LogP contribution in [0.2, 0.25) is 0 Å². The number of nitrogens with zero attached hydrogens (tertiary/aromatic N) is 6. The summed E-state index contributed by atoms with van der Waals surface area (Å²) < 4.78 is 13.0. The lowest BCUT2D eigenvalue weighted by Crippen LogP contribution is -2.38. The Labute approximate surface area is 203 Å². The number of ether oxygens (including phenoxy) is 2. The second-order valence-electron chi connectivity index (χ2n) is 8.42. The van der Waals surface area contributed by atoms with Crippen LogP contribution >= 0.6 is 0 Å². The zero-order valence-corrected chi connectivity index (χ0v) is 19.7. The molecule has 0 saturated carbocycles. The first-order valence-electron chi connectivity index (χ1n) is 11.5. The first-order chi connectivity index (χ1) is 17.1. The first-order valence-corrected chi connectivity index (χ1v) is 11.5. The molecule has 0 unspecified atom stereocenters. The van der Waals surface area contributed by atoms with Crippen molar-refractivity contribution < 1.29 is 14.3 Å². The summed E-state index contributed by atoms with van der Waals surface area (Å²) in [5.41, 5.74) is 3.06. The number of amides is 1. The summed E-state index contributed by atoms with van der Waals surface area (Å²) in [7, 11) is 3.48. The van der Waals surface area contributed by atoms with Crippen LogP contribution in [0.3, 0.4) is 0 Å². The highest BCUT2D eigenvalue weighted by atomic mass is 16.5. The normalized spacial score (nSPS) is 14.1. The third kappa shape index (κ3) is 4.98. The molecule has 1 aliphatic heterocycles. The number of pyridine rings is 1. The van der Waals surface area contributed by atoms with Crippen molar-refractivity contribution in [3.63, 3.8) is 0 Å². The summed E-state index contributed by atoms with van der Waals surface area (Å²) in [6, 6.07) is 11.0. The zero-order valence-electron chi connectivity index (χ0n) is 19.7. The third-order valence-electron chi connectivity index (χ3n) is 6.14. The number of carbonyl (C=O) groups excluding carboxylic acids is 1. The minimum atomic E-state index is 0.00448. The van der Waals surface area contributed by atoms with E-state index in [9.17, 15) is 4.79 Å². The van der Waals surface area contributed by atoms with Gasteiger partial charge in [0.2, 0.25) is 5.88 Å². The van der Waals surface area contributed by atoms with Gasteiger partial charge in [-0.1, -0.05) is 0 Å². The van der Waals surface area contributed by atoms with Gasteiger partial charge in [0.25, 0.3) is 5.91 Å². The summed E-state index contributed by atoms with van der Waals surface area (Å²) in [5.74, 6) is 2.09. The Bertz CT molecular complexity index is 1310. The quantitative estimate of drug-likeness (QED) is 0.419. The molecule has 0 aliphatic carbocycles. The summed E-state index contributed by atoms with van der Waals surface area (Å²) in [5, 5.41) is 4.19. The number of piperidine rings is 1. The van der Waals surface area contributed by atoms with Crippen molar-refractivity contribution in [1.29, 1.82) is 0 Å². The van der Waals surface area contributed by atoms with Gasteiger partial charge in [-0.15, -0.1) is 0 Å². The molecule has 0 bridgehead atoms. The van der Waals surface area contributed by atoms with Gasteiger partial charge in [0.1, 0.15) is 17.2 Å². The maximum absolute atomic E-state index is 13.2. The lowest BCUT2D eigenvalue weighted by Gasteiger charge is -2.32. The van der Waals surface area contributed by atoms with Crippen LogP contribution in [0, 0.1) is 0 Å². The van der Waals surface area contributed by atoms with Gasteiger partial charge in [0, 0.05) is 62.0 Å². The van der Waals surface area contributed by atoms with E-state index in [-0.39, 0.29) is 11.8 Å². The largest absolute Gasteiger partial charge is 0.497 e. The van der Waals surface area contributed by atoms with Gasteiger partial charge in [0.05, 0.1) is 19.0 Å². The summed E-state index contributed by atoms with van der Waals surface area (Å²) in [4.78, 5) is 28.5. The van der Waals surface area contributed by atoms with Gasteiger partial charge in [-0.2, -0.15) is 5.10 Å². The molecule has 1 fully saturated rings. The molecular formula is C26H26N6O3. The SMILES string of the molecule is COc1ccc(Oc2nccnc2C2CCN(C(=O)c3ccnc(-c4cnn(C)c4)c3)CC2)cc1. The monoisotopic (exact) mass is 470 g/mol. The topological polar surface area (TPSA) is 95.3 Å². The fourth-order valence-corrected chi connectivity index (χ4v) is 4.26. The van der Waals surface area contributed by atoms with Crippen LogP contribution in [-0.2, 0) is 7.05 Å². The predicted molar refractivity (Wildman–Crippen MR) is 129 cm³/mol. The molecule has 0 radical (unpaired) electrons. The molecule has 1 amide bonds. The van der Waals surface area contributed by atoms with E-state index in [1.54, 1.807) is 42.6 Å². The number of methoxy groups -OCH3 is 1. The van der Waals surface area contributed by atoms with Crippen molar-refractivity contribution in [1.82, 2.24) is 29.6 Å². The van der Waals surface area contributed by atoms with Crippen molar-refractivity contribution in [2.24, 2.45) is 7.05 Å². The number of benzene rings is 1. The fraction of sp³-hybridized carbons (Fsp3) is 0.269. The highest BCUT2D eigenvalue weighted by molar-refractivity contribution is 5.95. The Morgan fingerprint density at radius 3 is 2.43 bits per heavy atom. The van der Waals surface area contributed by atoms with Crippen molar-refractivity contribution in [3.05, 3.63) is 78.6 Å². The van der Waals surface area contributed by atoms with Crippen LogP contribution < -0.4 is 9.47 Å². The van der Waals surface area contributed by atoms with Crippen LogP contribution in [-0.4, -0.2) is 55.7 Å². The number of hydrogen-bond donors (Lipinski definition) is 0. The van der Waals surface area contributed by atoms with Crippen molar-refractivity contribution in [2.75, 3.05) is 20.2 Å². The Hall–Kier alpha value is -4.27. The zero-order chi connectivity index (χ0) is 24.2. The van der Waals surface area contributed by atoms with Crippen LogP contribution in [0.1, 0.15) is 34.8 Å². The maximum atomic E-state index is 13.2. The smallest absolute Gasteiger partial charge is 0.253 e. The molecule has 0 N–H and O–H groups in total. The Morgan fingerprint density at radius 1 is 0.971 bits per heavy atom. The Balaban J connectivity index is 1.26. The first kappa shape index (κ1) is 22.5. The molecule has 4 aromatic rings. The second-order valence-corrected chi connectivity index (χ2v) is 8.42. The third-order valence-corrected chi connectivity index (χ3v) is 6.14. The van der Waals surface area contributed by atoms with E-state index in [0.29, 0.717) is 30.3 Å². The molecule has 9 nitrogen and oxygen atoms in total. The highest BCUT2D eigenvalue weighted by Crippen LogP contribution is 2.34. The second kappa shape index (κ2) is 9.92. The Morgan fingerprint density at radius 2 is 1.71 bits per heavy atom. The van der Waals surface area contributed by atoms with Crippen molar-refractivity contribution in [2.45, 2.75) is 18.8 Å². The summed E-state index contributed by atoms with van der Waals surface area (Å²) in [6.45, 7) is 1.26. The molecule has 0 spiro atoms. The molecule has 0 atom stereocenters. The predicted octanol–water partition coefficient (Wildman–Crippen LogP) is 4.09. The molecule has 1 aliphatic rings. The minimum absolute atomic E-state index is 0.00448. The highest BCUT2D eigenvalue weighted by Gasteiger charge is 2.28. The van der Waals surface area contributed by atoms with E-state index < -0.39 is 0 Å². The standard InChI is InChI=1S/C26H26N6O3/c1-31-17-20(16-30-31)23-15-19(7-10-27-23)26(33)32-13-8-18(9-14-32)24-25(29-12-11-28-24)35-22-5-3-21(34-2)4-6-22/h3-7,10-12,15-18H,8-9,13-14H2,1-2H3. The molecule has 3 aromatic heterocycles. The van der Waals surface area contributed by atoms with Crippen LogP contribution in [0.5, 0.6) is 17.4 Å². The van der Waals surface area contributed by atoms with Crippen LogP contribution in [0.25, 0.3) is 11.3 Å². The van der Waals surface area contributed by atoms with Crippen LogP contribution in [0.4, 0.5) is 0 Å². The summed E-state index contributed by atoms with van der Waals surface area (Å²) in [6.07, 6.45) is 10.2. The van der Waals surface area contributed by atoms with Gasteiger partial charge in [0.15, 0.2) is 0 Å². The number of aromatic nitrogens is 5. The van der Waals surface area contributed by atoms with Crippen LogP contribution in [0.15, 0.2) is 67.4 Å². The number of hydrogen-bond acceptors (Lipinski definition) is 7. The van der Waals surface area contributed by atoms with E-state index in [0.717, 1.165) is 35.5 Å². The maximum Gasteiger partial charge on any atom is 0.253 e. The lowest BCUT2D eigenvalue weighted by molar-refractivity contribution is 0.0711. The van der Waals surface area contributed by atoms with Crippen molar-refractivity contribution in [3.8, 4) is 28.6 Å². The minimum Gasteiger partial charge on any atom is -0.497 e. The molecular weight excluding hydrogens is 444 g/mol. The lowest BCUT2D eigenvalue weighted by atomic mass is 9.93. The van der Waals surface area contributed by atoms with E-state index in [2.05, 4.69) is 20.1 Å². The molecule has 1 saturated heterocycles. The average molecular weight is 471 g/mol. The molecule has 35 heavy (non-hydrogen) atoms. The van der Waals surface area contributed by atoms with Crippen molar-refractivity contribution >= 4 is 5.91 Å². The molecule has 5 rings (SSSR count). The molecule has 4 heterocycles. The fourth-order valence-electron chi connectivity index (χ4n) is 4.26. The van der Waals surface area contributed by atoms with E-state index in [1.807, 2.05) is 48.5 Å². The molecule has 1 aromatic carbocycles. The molecule has 9 heteroatoms. The van der Waals surface area contributed by atoms with Gasteiger partial charge < -0.3 is 14.4 Å². The van der Waals surface area contributed by atoms with Gasteiger partial charge in [-0.05, 0) is 49.2 Å². The number of aryl methyl sites for hydroxylation is 1. The van der Waals surface area contributed by atoms with E-state index >= 15 is 0 Å². The number of likely N-dealkylation sites (tertiary alicyclic amines) is 1. The Kier molecular flexibility index (Phi) is 6.38. The van der Waals surface area contributed by atoms with Gasteiger partial charge in [-0.25, -0.2) is 4.98 Å². The number of rotatable bonds is 6. The van der Waals surface area contributed by atoms with Gasteiger partial charge >= 0.3 is 0 Å². The average Bonchev–Trinajstić information content (AvgIpc) is 3.35. The van der Waals surface area contributed by atoms with Gasteiger partial charge in [-0.3, -0.25) is 19.4 Å². The molecule has 178 valence electrons. The van der Waals surface area contributed by atoms with E-state index in [4.69, 9.17) is 9.47 Å². The summed E-state index contributed by atoms with van der Waals surface area (Å²) >= 11 is 0. The van der Waals surface area contributed by atoms with E-state index in [1.165, 1.54) is 0 Å².